The molecule has 2 aliphatic rings. The molecule has 3 atom stereocenters. The Kier molecular flexibility index (Phi) is 6.24. The molecule has 2 heterocycles. The van der Waals surface area contributed by atoms with Crippen LogP contribution in [0.3, 0.4) is 0 Å². The Morgan fingerprint density at radius 1 is 1.27 bits per heavy atom. The minimum Gasteiger partial charge on any atom is -0.511 e. The van der Waals surface area contributed by atoms with E-state index in [9.17, 15) is 15.2 Å². The van der Waals surface area contributed by atoms with Crippen molar-refractivity contribution in [3.8, 4) is 28.7 Å². The summed E-state index contributed by atoms with van der Waals surface area (Å²) in [6.07, 6.45) is 3.53. The van der Waals surface area contributed by atoms with Crippen molar-refractivity contribution in [2.45, 2.75) is 51.4 Å². The maximum Gasteiger partial charge on any atom is 0.303 e. The number of carbonyl (C=O) groups is 1. The normalized spacial score (nSPS) is 22.6. The number of fused-ring (bicyclic) bond motifs is 3. The number of hydrogen-bond donors (Lipinski definition) is 2. The molecule has 3 aromatic rings. The fourth-order valence-corrected chi connectivity index (χ4v) is 6.02. The predicted octanol–water partition coefficient (Wildman–Crippen LogP) is 5.56. The number of hydrogen-bond acceptors (Lipinski definition) is 6. The summed E-state index contributed by atoms with van der Waals surface area (Å²) >= 11 is 0. The van der Waals surface area contributed by atoms with Gasteiger partial charge in [-0.05, 0) is 49.4 Å². The van der Waals surface area contributed by atoms with Crippen LogP contribution in [0.25, 0.3) is 22.6 Å². The number of aromatic nitrogens is 3. The number of rotatable bonds is 5. The van der Waals surface area contributed by atoms with E-state index >= 15 is 4.39 Å². The molecule has 1 aromatic carbocycles. The highest BCUT2D eigenvalue weighted by atomic mass is 19.1. The average molecular weight is 499 g/mol. The van der Waals surface area contributed by atoms with Crippen LogP contribution in [0, 0.1) is 29.0 Å². The number of nitrogens with zero attached hydrogens (tertiary/aromatic N) is 4. The number of nitriles is 1. The molecule has 5 rings (SSSR count). The lowest BCUT2D eigenvalue weighted by Crippen LogP contribution is -2.45. The molecule has 0 saturated carbocycles. The van der Waals surface area contributed by atoms with Crippen LogP contribution in [0.15, 0.2) is 53.9 Å². The Morgan fingerprint density at radius 2 is 2.05 bits per heavy atom. The smallest absolute Gasteiger partial charge is 0.303 e. The van der Waals surface area contributed by atoms with Crippen LogP contribution in [0.5, 0.6) is 0 Å². The van der Waals surface area contributed by atoms with E-state index in [2.05, 4.69) is 18.0 Å². The lowest BCUT2D eigenvalue weighted by molar-refractivity contribution is -0.136. The van der Waals surface area contributed by atoms with E-state index in [0.29, 0.717) is 46.8 Å². The van der Waals surface area contributed by atoms with Gasteiger partial charge >= 0.3 is 5.97 Å². The first-order valence-corrected chi connectivity index (χ1v) is 12.4. The fraction of sp³-hybridized carbons (Fsp3) is 0.345. The van der Waals surface area contributed by atoms with Gasteiger partial charge in [0.05, 0.1) is 29.5 Å². The number of benzene rings is 1. The molecule has 37 heavy (non-hydrogen) atoms. The Hall–Kier alpha value is -4.12. The van der Waals surface area contributed by atoms with E-state index in [1.165, 1.54) is 6.07 Å². The van der Waals surface area contributed by atoms with Crippen molar-refractivity contribution in [3.05, 3.63) is 76.7 Å². The number of carboxylic acid groups (broad SMARTS) is 1. The van der Waals surface area contributed by atoms with Gasteiger partial charge in [-0.25, -0.2) is 14.4 Å². The van der Waals surface area contributed by atoms with Crippen molar-refractivity contribution >= 4 is 5.97 Å². The van der Waals surface area contributed by atoms with Gasteiger partial charge < -0.3 is 10.2 Å². The lowest BCUT2D eigenvalue weighted by atomic mass is 9.56. The summed E-state index contributed by atoms with van der Waals surface area (Å²) in [7, 11) is 0. The number of halogens is 1. The van der Waals surface area contributed by atoms with Gasteiger partial charge in [-0.15, -0.1) is 0 Å². The molecular weight excluding hydrogens is 471 g/mol. The molecule has 0 aliphatic heterocycles. The summed E-state index contributed by atoms with van der Waals surface area (Å²) in [5, 5.41) is 29.5. The van der Waals surface area contributed by atoms with Gasteiger partial charge in [0.1, 0.15) is 11.6 Å². The highest BCUT2D eigenvalue weighted by molar-refractivity contribution is 5.70. The number of aryl methyl sites for hydroxylation is 1. The Morgan fingerprint density at radius 3 is 2.78 bits per heavy atom. The van der Waals surface area contributed by atoms with E-state index in [0.717, 1.165) is 17.7 Å². The average Bonchev–Trinajstić information content (AvgIpc) is 2.89. The van der Waals surface area contributed by atoms with E-state index < -0.39 is 11.4 Å². The monoisotopic (exact) mass is 498 g/mol. The number of allylic oxidation sites excluding steroid dienone is 2. The number of pyridine rings is 1. The van der Waals surface area contributed by atoms with Crippen molar-refractivity contribution in [1.82, 2.24) is 15.0 Å². The number of carboxylic acids is 1. The van der Waals surface area contributed by atoms with Crippen molar-refractivity contribution < 1.29 is 19.4 Å². The van der Waals surface area contributed by atoms with Gasteiger partial charge in [0.2, 0.25) is 0 Å². The number of aliphatic hydroxyl groups is 1. The van der Waals surface area contributed by atoms with E-state index in [1.807, 2.05) is 6.92 Å². The predicted molar refractivity (Wildman–Crippen MR) is 135 cm³/mol. The Balaban J connectivity index is 1.73. The highest BCUT2D eigenvalue weighted by Crippen LogP contribution is 2.54. The van der Waals surface area contributed by atoms with Crippen molar-refractivity contribution in [2.24, 2.45) is 11.8 Å². The third-order valence-electron chi connectivity index (χ3n) is 7.89. The van der Waals surface area contributed by atoms with Gasteiger partial charge in [-0.2, -0.15) is 5.26 Å². The molecule has 188 valence electrons. The maximum atomic E-state index is 15.1. The second-order valence-corrected chi connectivity index (χ2v) is 10.1. The molecule has 0 amide bonds. The first-order chi connectivity index (χ1) is 17.7. The maximum absolute atomic E-state index is 15.1. The third-order valence-corrected chi connectivity index (χ3v) is 7.89. The quantitative estimate of drug-likeness (QED) is 0.473. The zero-order chi connectivity index (χ0) is 26.3. The summed E-state index contributed by atoms with van der Waals surface area (Å²) in [5.41, 5.74) is 3.58. The van der Waals surface area contributed by atoms with Gasteiger partial charge in [0.25, 0.3) is 0 Å². The van der Waals surface area contributed by atoms with Crippen molar-refractivity contribution in [2.75, 3.05) is 0 Å². The number of aliphatic carboxylic acids is 1. The zero-order valence-electron chi connectivity index (χ0n) is 20.7. The van der Waals surface area contributed by atoms with Crippen LogP contribution in [0.2, 0.25) is 0 Å². The van der Waals surface area contributed by atoms with Crippen LogP contribution < -0.4 is 0 Å². The summed E-state index contributed by atoms with van der Waals surface area (Å²) in [5.74, 6) is -0.908. The minimum absolute atomic E-state index is 0.0492. The zero-order valence-corrected chi connectivity index (χ0v) is 20.7. The second kappa shape index (κ2) is 9.40. The molecule has 2 aromatic heterocycles. The molecule has 0 spiro atoms. The summed E-state index contributed by atoms with van der Waals surface area (Å²) in [6.45, 7) is 4.01. The third kappa shape index (κ3) is 4.25. The van der Waals surface area contributed by atoms with Crippen LogP contribution in [-0.2, 0) is 23.1 Å². The topological polar surface area (TPSA) is 120 Å². The molecule has 0 radical (unpaired) electrons. The first kappa shape index (κ1) is 24.6. The summed E-state index contributed by atoms with van der Waals surface area (Å²) in [6, 6.07) is 12.2. The molecule has 2 aliphatic carbocycles. The van der Waals surface area contributed by atoms with Gasteiger partial charge in [0.15, 0.2) is 5.82 Å². The number of aliphatic hydroxyl groups excluding tert-OH is 1. The summed E-state index contributed by atoms with van der Waals surface area (Å²) in [4.78, 5) is 25.2. The molecule has 0 saturated heterocycles. The minimum atomic E-state index is -0.908. The SMILES string of the molecule is C[C@H]1C(O)=C(C#N)C[C@@]2(C)c3nc(-c4ccnc(CCC(=O)O)c4)nc(-c4ccccc4F)c3CCC12. The molecular formula is C29H27FN4O3. The van der Waals surface area contributed by atoms with Crippen LogP contribution in [0.4, 0.5) is 4.39 Å². The lowest BCUT2D eigenvalue weighted by Gasteiger charge is -2.48. The van der Waals surface area contributed by atoms with Crippen molar-refractivity contribution in [3.63, 3.8) is 0 Å². The van der Waals surface area contributed by atoms with Gasteiger partial charge in [-0.1, -0.05) is 26.0 Å². The fourth-order valence-electron chi connectivity index (χ4n) is 6.02. The van der Waals surface area contributed by atoms with E-state index in [4.69, 9.17) is 15.1 Å². The van der Waals surface area contributed by atoms with Gasteiger partial charge in [-0.3, -0.25) is 9.78 Å². The van der Waals surface area contributed by atoms with Crippen molar-refractivity contribution in [1.29, 1.82) is 5.26 Å². The highest BCUT2D eigenvalue weighted by Gasteiger charge is 2.50. The van der Waals surface area contributed by atoms with Gasteiger partial charge in [0, 0.05) is 46.3 Å². The summed E-state index contributed by atoms with van der Waals surface area (Å²) < 4.78 is 15.1. The standard InChI is InChI=1S/C29H27FN4O3/c1-16-22-9-8-21-25(20-5-3-4-6-23(20)30)33-28(17-11-12-32-19(13-17)7-10-24(35)36)34-27(21)29(22,2)14-18(15-31)26(16)37/h3-6,11-13,16,22,37H,7-10,14H2,1-2H3,(H,35,36)/t16-,22?,29-/m1/s1. The molecule has 7 nitrogen and oxygen atoms in total. The molecule has 0 bridgehead atoms. The van der Waals surface area contributed by atoms with Crippen LogP contribution >= 0.6 is 0 Å². The molecule has 8 heteroatoms. The first-order valence-electron chi connectivity index (χ1n) is 12.4. The molecule has 1 unspecified atom stereocenters. The second-order valence-electron chi connectivity index (χ2n) is 10.1. The van der Waals surface area contributed by atoms with Crippen LogP contribution in [-0.4, -0.2) is 31.1 Å². The Labute approximate surface area is 214 Å². The molecule has 2 N–H and O–H groups in total. The molecule has 0 fully saturated rings. The van der Waals surface area contributed by atoms with E-state index in [-0.39, 0.29) is 36.3 Å². The Bertz CT molecular complexity index is 1480. The largest absolute Gasteiger partial charge is 0.511 e. The van der Waals surface area contributed by atoms with E-state index in [1.54, 1.807) is 36.5 Å². The van der Waals surface area contributed by atoms with Crippen LogP contribution in [0.1, 0.15) is 50.1 Å².